The topological polar surface area (TPSA) is 39.9 Å². The van der Waals surface area contributed by atoms with Crippen molar-refractivity contribution < 1.29 is 9.52 Å². The fourth-order valence-electron chi connectivity index (χ4n) is 5.12. The van der Waals surface area contributed by atoms with Gasteiger partial charge >= 0.3 is 0 Å². The smallest absolute Gasteiger partial charge is 0.126 e. The Balaban J connectivity index is 1.59. The third-order valence-corrected chi connectivity index (χ3v) is 7.07. The standard InChI is InChI=1S/C26H36N2O2/c1-21-7-3-4-9-23(21)19-26(29)18-22(17-25-11-6-16-30-25)8-5-10-24(26)20-28-14-12-27(2)13-15-28/h3-4,6-7,9,11,16-17,24,29H,5,8,10,12-15,18-20H2,1-2H3/b22-17-. The van der Waals surface area contributed by atoms with Gasteiger partial charge in [0.2, 0.25) is 0 Å². The lowest BCUT2D eigenvalue weighted by Crippen LogP contribution is -2.51. The van der Waals surface area contributed by atoms with Crippen molar-refractivity contribution in [1.29, 1.82) is 0 Å². The van der Waals surface area contributed by atoms with Gasteiger partial charge in [0.15, 0.2) is 0 Å². The van der Waals surface area contributed by atoms with Gasteiger partial charge in [0, 0.05) is 45.1 Å². The molecule has 2 heterocycles. The van der Waals surface area contributed by atoms with Crippen molar-refractivity contribution in [3.8, 4) is 0 Å². The Labute approximate surface area is 181 Å². The molecule has 1 saturated carbocycles. The largest absolute Gasteiger partial charge is 0.465 e. The summed E-state index contributed by atoms with van der Waals surface area (Å²) in [5.74, 6) is 1.17. The number of likely N-dealkylation sites (N-methyl/N-ethyl adjacent to an activating group) is 1. The number of piperazine rings is 1. The molecule has 1 aliphatic heterocycles. The Morgan fingerprint density at radius 2 is 1.93 bits per heavy atom. The van der Waals surface area contributed by atoms with E-state index >= 15 is 0 Å². The number of benzene rings is 1. The number of furan rings is 1. The van der Waals surface area contributed by atoms with Crippen molar-refractivity contribution in [1.82, 2.24) is 9.80 Å². The van der Waals surface area contributed by atoms with Crippen LogP contribution >= 0.6 is 0 Å². The van der Waals surface area contributed by atoms with E-state index in [-0.39, 0.29) is 5.92 Å². The van der Waals surface area contributed by atoms with Gasteiger partial charge in [-0.25, -0.2) is 0 Å². The van der Waals surface area contributed by atoms with E-state index in [1.165, 1.54) is 16.7 Å². The molecule has 30 heavy (non-hydrogen) atoms. The van der Waals surface area contributed by atoms with Gasteiger partial charge in [0.05, 0.1) is 11.9 Å². The monoisotopic (exact) mass is 408 g/mol. The van der Waals surface area contributed by atoms with Crippen LogP contribution in [-0.4, -0.2) is 60.3 Å². The molecule has 2 aliphatic rings. The van der Waals surface area contributed by atoms with E-state index in [4.69, 9.17) is 4.42 Å². The Hall–Kier alpha value is -1.88. The molecule has 4 rings (SSSR count). The molecule has 4 heteroatoms. The van der Waals surface area contributed by atoms with Gasteiger partial charge in [-0.1, -0.05) is 29.8 Å². The Morgan fingerprint density at radius 1 is 1.13 bits per heavy atom. The highest BCUT2D eigenvalue weighted by Crippen LogP contribution is 2.39. The average Bonchev–Trinajstić information content (AvgIpc) is 3.18. The summed E-state index contributed by atoms with van der Waals surface area (Å²) in [5, 5.41) is 12.2. The van der Waals surface area contributed by atoms with Crippen LogP contribution in [0.1, 0.15) is 42.6 Å². The molecule has 0 spiro atoms. The SMILES string of the molecule is Cc1ccccc1CC1(O)C/C(=C\c2ccco2)CCCC1CN1CCN(C)CC1. The van der Waals surface area contributed by atoms with E-state index in [0.717, 1.165) is 64.2 Å². The second kappa shape index (κ2) is 9.51. The third kappa shape index (κ3) is 5.23. The van der Waals surface area contributed by atoms with Crippen molar-refractivity contribution >= 4 is 6.08 Å². The summed E-state index contributed by atoms with van der Waals surface area (Å²) in [6.45, 7) is 7.58. The van der Waals surface area contributed by atoms with Crippen LogP contribution in [0.25, 0.3) is 6.08 Å². The van der Waals surface area contributed by atoms with Crippen LogP contribution in [0.3, 0.4) is 0 Å². The van der Waals surface area contributed by atoms with Gasteiger partial charge in [-0.2, -0.15) is 0 Å². The first-order valence-corrected chi connectivity index (χ1v) is 11.4. The zero-order valence-corrected chi connectivity index (χ0v) is 18.5. The minimum absolute atomic E-state index is 0.281. The first-order chi connectivity index (χ1) is 14.5. The molecule has 1 N–H and O–H groups in total. The van der Waals surface area contributed by atoms with Crippen molar-refractivity contribution in [2.75, 3.05) is 39.8 Å². The van der Waals surface area contributed by atoms with Crippen molar-refractivity contribution in [3.63, 3.8) is 0 Å². The van der Waals surface area contributed by atoms with Gasteiger partial charge < -0.3 is 19.3 Å². The number of hydrogen-bond donors (Lipinski definition) is 1. The fraction of sp³-hybridized carbons (Fsp3) is 0.538. The lowest BCUT2D eigenvalue weighted by atomic mass is 9.76. The summed E-state index contributed by atoms with van der Waals surface area (Å²) in [7, 11) is 2.20. The maximum atomic E-state index is 12.2. The normalized spacial score (nSPS) is 28.0. The van der Waals surface area contributed by atoms with Gasteiger partial charge in [-0.3, -0.25) is 0 Å². The number of rotatable bonds is 5. The van der Waals surface area contributed by atoms with E-state index in [1.54, 1.807) is 6.26 Å². The molecular formula is C26H36N2O2. The van der Waals surface area contributed by atoms with Crippen LogP contribution in [0.4, 0.5) is 0 Å². The number of hydrogen-bond acceptors (Lipinski definition) is 4. The van der Waals surface area contributed by atoms with E-state index in [2.05, 4.69) is 54.1 Å². The Morgan fingerprint density at radius 3 is 2.67 bits per heavy atom. The van der Waals surface area contributed by atoms with E-state index in [0.29, 0.717) is 6.42 Å². The summed E-state index contributed by atoms with van der Waals surface area (Å²) in [6, 6.07) is 12.4. The first kappa shape index (κ1) is 21.4. The van der Waals surface area contributed by atoms with E-state index < -0.39 is 5.60 Å². The van der Waals surface area contributed by atoms with Crippen LogP contribution in [0.5, 0.6) is 0 Å². The first-order valence-electron chi connectivity index (χ1n) is 11.4. The zero-order valence-electron chi connectivity index (χ0n) is 18.5. The maximum Gasteiger partial charge on any atom is 0.126 e. The zero-order chi connectivity index (χ0) is 21.0. The molecule has 0 bridgehead atoms. The van der Waals surface area contributed by atoms with Crippen molar-refractivity contribution in [3.05, 3.63) is 65.1 Å². The number of nitrogens with zero attached hydrogens (tertiary/aromatic N) is 2. The van der Waals surface area contributed by atoms with Gasteiger partial charge in [-0.15, -0.1) is 0 Å². The molecule has 1 aromatic heterocycles. The van der Waals surface area contributed by atoms with Crippen LogP contribution in [-0.2, 0) is 6.42 Å². The van der Waals surface area contributed by atoms with E-state index in [9.17, 15) is 5.11 Å². The highest BCUT2D eigenvalue weighted by Gasteiger charge is 2.40. The van der Waals surface area contributed by atoms with Gasteiger partial charge in [0.1, 0.15) is 5.76 Å². The lowest BCUT2D eigenvalue weighted by molar-refractivity contribution is -0.0348. The molecule has 0 radical (unpaired) electrons. The minimum atomic E-state index is -0.732. The second-order valence-corrected chi connectivity index (χ2v) is 9.39. The molecule has 2 fully saturated rings. The Kier molecular flexibility index (Phi) is 6.77. The second-order valence-electron chi connectivity index (χ2n) is 9.39. The summed E-state index contributed by atoms with van der Waals surface area (Å²) in [4.78, 5) is 4.96. The summed E-state index contributed by atoms with van der Waals surface area (Å²) >= 11 is 0. The van der Waals surface area contributed by atoms with Gasteiger partial charge in [0.25, 0.3) is 0 Å². The molecule has 2 atom stereocenters. The summed E-state index contributed by atoms with van der Waals surface area (Å²) < 4.78 is 5.57. The third-order valence-electron chi connectivity index (χ3n) is 7.07. The van der Waals surface area contributed by atoms with Crippen LogP contribution < -0.4 is 0 Å². The summed E-state index contributed by atoms with van der Waals surface area (Å²) in [5.41, 5.74) is 3.11. The average molecular weight is 409 g/mol. The maximum absolute atomic E-state index is 12.2. The van der Waals surface area contributed by atoms with Crippen LogP contribution in [0.15, 0.2) is 52.7 Å². The predicted molar refractivity (Wildman–Crippen MR) is 122 cm³/mol. The van der Waals surface area contributed by atoms with Crippen LogP contribution in [0.2, 0.25) is 0 Å². The molecular weight excluding hydrogens is 372 g/mol. The highest BCUT2D eigenvalue weighted by atomic mass is 16.3. The van der Waals surface area contributed by atoms with Gasteiger partial charge in [-0.05, 0) is 69.0 Å². The molecule has 0 amide bonds. The fourth-order valence-corrected chi connectivity index (χ4v) is 5.12. The summed E-state index contributed by atoms with van der Waals surface area (Å²) in [6.07, 6.45) is 8.55. The highest BCUT2D eigenvalue weighted by molar-refractivity contribution is 5.48. The predicted octanol–water partition coefficient (Wildman–Crippen LogP) is 4.38. The number of aryl methyl sites for hydroxylation is 1. The van der Waals surface area contributed by atoms with E-state index in [1.807, 2.05) is 12.1 Å². The quantitative estimate of drug-likeness (QED) is 0.745. The number of aliphatic hydroxyl groups is 1. The lowest BCUT2D eigenvalue weighted by Gasteiger charge is -2.41. The minimum Gasteiger partial charge on any atom is -0.465 e. The molecule has 2 unspecified atom stereocenters. The van der Waals surface area contributed by atoms with Crippen molar-refractivity contribution in [2.45, 2.75) is 44.6 Å². The molecule has 162 valence electrons. The molecule has 4 nitrogen and oxygen atoms in total. The molecule has 1 aromatic carbocycles. The van der Waals surface area contributed by atoms with Crippen LogP contribution in [0, 0.1) is 12.8 Å². The molecule has 1 aliphatic carbocycles. The molecule has 1 saturated heterocycles. The van der Waals surface area contributed by atoms with Crippen molar-refractivity contribution in [2.24, 2.45) is 5.92 Å². The Bertz CT molecular complexity index is 836. The molecule has 2 aromatic rings.